The van der Waals surface area contributed by atoms with Crippen LogP contribution in [0.4, 0.5) is 0 Å². The van der Waals surface area contributed by atoms with Gasteiger partial charge < -0.3 is 4.74 Å². The van der Waals surface area contributed by atoms with Crippen molar-refractivity contribution >= 4 is 43.6 Å². The number of aromatic nitrogens is 2. The topological polar surface area (TPSA) is 27.1 Å². The Hall–Kier alpha value is -1.08. The van der Waals surface area contributed by atoms with Gasteiger partial charge in [0.2, 0.25) is 0 Å². The van der Waals surface area contributed by atoms with Crippen molar-refractivity contribution in [2.45, 2.75) is 23.3 Å². The molecule has 0 spiro atoms. The maximum Gasteiger partial charge on any atom is 0.181 e. The first-order valence-electron chi connectivity index (χ1n) is 7.00. The number of halogens is 2. The minimum atomic E-state index is 0.434. The van der Waals surface area contributed by atoms with E-state index in [2.05, 4.69) is 61.1 Å². The number of rotatable bonds is 6. The van der Waals surface area contributed by atoms with E-state index in [-0.39, 0.29) is 0 Å². The second-order valence-electron chi connectivity index (χ2n) is 4.78. The quantitative estimate of drug-likeness (QED) is 0.476. The van der Waals surface area contributed by atoms with Crippen LogP contribution in [0.5, 0.6) is 0 Å². The molecule has 0 saturated heterocycles. The number of ether oxygens (including phenoxy) is 1. The fraction of sp³-hybridized carbons (Fsp3) is 0.118. The van der Waals surface area contributed by atoms with E-state index in [1.165, 1.54) is 0 Å². The lowest BCUT2D eigenvalue weighted by molar-refractivity contribution is 0.0576. The number of imidazole rings is 1. The van der Waals surface area contributed by atoms with Gasteiger partial charge in [-0.3, -0.25) is 4.57 Å². The van der Waals surface area contributed by atoms with Crippen molar-refractivity contribution in [2.24, 2.45) is 0 Å². The van der Waals surface area contributed by atoms with E-state index >= 15 is 0 Å². The van der Waals surface area contributed by atoms with E-state index in [0.717, 1.165) is 24.8 Å². The Morgan fingerprint density at radius 2 is 1.61 bits per heavy atom. The maximum atomic E-state index is 5.84. The van der Waals surface area contributed by atoms with Crippen LogP contribution in [0.2, 0.25) is 0 Å². The molecule has 23 heavy (non-hydrogen) atoms. The first kappa shape index (κ1) is 16.8. The van der Waals surface area contributed by atoms with Gasteiger partial charge in [-0.05, 0) is 49.6 Å². The van der Waals surface area contributed by atoms with E-state index in [4.69, 9.17) is 4.74 Å². The molecule has 0 N–H and O–H groups in total. The van der Waals surface area contributed by atoms with Crippen molar-refractivity contribution in [3.8, 4) is 0 Å². The summed E-state index contributed by atoms with van der Waals surface area (Å²) in [5.74, 6) is 0. The number of benzene rings is 2. The third kappa shape index (κ3) is 4.47. The average molecular weight is 454 g/mol. The van der Waals surface area contributed by atoms with E-state index in [1.807, 2.05) is 41.0 Å². The summed E-state index contributed by atoms with van der Waals surface area (Å²) in [6.45, 7) is 1.00. The van der Waals surface area contributed by atoms with Gasteiger partial charge in [-0.15, -0.1) is 0 Å². The van der Waals surface area contributed by atoms with Crippen molar-refractivity contribution in [2.75, 3.05) is 0 Å². The zero-order valence-corrected chi connectivity index (χ0v) is 16.1. The summed E-state index contributed by atoms with van der Waals surface area (Å²) in [7, 11) is 0. The van der Waals surface area contributed by atoms with E-state index in [1.54, 1.807) is 11.8 Å². The van der Waals surface area contributed by atoms with Crippen molar-refractivity contribution in [1.29, 1.82) is 0 Å². The Morgan fingerprint density at radius 1 is 0.957 bits per heavy atom. The Kier molecular flexibility index (Phi) is 5.94. The maximum absolute atomic E-state index is 5.84. The molecule has 0 saturated carbocycles. The normalized spacial score (nSPS) is 10.9. The molecule has 118 valence electrons. The van der Waals surface area contributed by atoms with Gasteiger partial charge in [0.25, 0.3) is 0 Å². The molecule has 3 aromatic rings. The van der Waals surface area contributed by atoms with Gasteiger partial charge in [0.1, 0.15) is 16.4 Å². The molecule has 3 nitrogen and oxygen atoms in total. The summed E-state index contributed by atoms with van der Waals surface area (Å²) in [6, 6.07) is 20.3. The molecular formula is C17H14Br2N2OS. The predicted molar refractivity (Wildman–Crippen MR) is 99.4 cm³/mol. The molecular weight excluding hydrogens is 440 g/mol. The molecule has 1 aromatic heterocycles. The van der Waals surface area contributed by atoms with Gasteiger partial charge >= 0.3 is 0 Å². The molecule has 0 aliphatic heterocycles. The molecule has 6 heteroatoms. The zero-order chi connectivity index (χ0) is 16.1. The van der Waals surface area contributed by atoms with Crippen LogP contribution in [-0.2, 0) is 18.1 Å². The minimum absolute atomic E-state index is 0.434. The van der Waals surface area contributed by atoms with Gasteiger partial charge in [0.15, 0.2) is 4.73 Å². The van der Waals surface area contributed by atoms with Crippen LogP contribution in [0.25, 0.3) is 0 Å². The fourth-order valence-electron chi connectivity index (χ4n) is 2.02. The van der Waals surface area contributed by atoms with E-state index in [9.17, 15) is 0 Å². The minimum Gasteiger partial charge on any atom is -0.356 e. The lowest BCUT2D eigenvalue weighted by Crippen LogP contribution is -2.04. The van der Waals surface area contributed by atoms with Crippen molar-refractivity contribution in [3.63, 3.8) is 0 Å². The molecule has 0 fully saturated rings. The van der Waals surface area contributed by atoms with Crippen LogP contribution in [0.3, 0.4) is 0 Å². The van der Waals surface area contributed by atoms with E-state index < -0.39 is 0 Å². The van der Waals surface area contributed by atoms with Crippen molar-refractivity contribution in [3.05, 3.63) is 75.6 Å². The molecule has 0 atom stereocenters. The van der Waals surface area contributed by atoms with Crippen LogP contribution in [0.1, 0.15) is 5.56 Å². The molecule has 0 amide bonds. The lowest BCUT2D eigenvalue weighted by atomic mass is 10.2. The Labute approximate surface area is 156 Å². The first-order valence-corrected chi connectivity index (χ1v) is 9.40. The molecule has 1 heterocycles. The van der Waals surface area contributed by atoms with Gasteiger partial charge in [-0.2, -0.15) is 0 Å². The third-order valence-electron chi connectivity index (χ3n) is 3.12. The van der Waals surface area contributed by atoms with Gasteiger partial charge in [0, 0.05) is 4.90 Å². The largest absolute Gasteiger partial charge is 0.356 e. The molecule has 0 aliphatic rings. The lowest BCUT2D eigenvalue weighted by Gasteiger charge is -2.10. The highest BCUT2D eigenvalue weighted by atomic mass is 79.9. The predicted octanol–water partition coefficient (Wildman–Crippen LogP) is 5.73. The number of hydrogen-bond donors (Lipinski definition) is 0. The summed E-state index contributed by atoms with van der Waals surface area (Å²) in [5.41, 5.74) is 1.15. The molecule has 0 aliphatic carbocycles. The summed E-state index contributed by atoms with van der Waals surface area (Å²) in [4.78, 5) is 5.59. The summed E-state index contributed by atoms with van der Waals surface area (Å²) >= 11 is 8.67. The second-order valence-corrected chi connectivity index (χ2v) is 7.31. The SMILES string of the molecule is Brc1nc(Br)n(COCc2ccccc2)c1Sc1ccccc1. The van der Waals surface area contributed by atoms with Gasteiger partial charge in [0.05, 0.1) is 6.61 Å². The van der Waals surface area contributed by atoms with Gasteiger partial charge in [-0.1, -0.05) is 60.3 Å². The Bertz CT molecular complexity index is 763. The van der Waals surface area contributed by atoms with Crippen LogP contribution < -0.4 is 0 Å². The number of hydrogen-bond acceptors (Lipinski definition) is 3. The smallest absolute Gasteiger partial charge is 0.181 e. The Balaban J connectivity index is 1.71. The standard InChI is InChI=1S/C17H14Br2N2OS/c18-15-16(23-14-9-5-2-6-10-14)21(17(19)20-15)12-22-11-13-7-3-1-4-8-13/h1-10H,11-12H2. The highest BCUT2D eigenvalue weighted by Crippen LogP contribution is 2.35. The van der Waals surface area contributed by atoms with Crippen molar-refractivity contribution < 1.29 is 4.74 Å². The summed E-state index contributed by atoms with van der Waals surface area (Å²) < 4.78 is 9.39. The molecule has 0 unspecified atom stereocenters. The Morgan fingerprint density at radius 3 is 2.30 bits per heavy atom. The second kappa shape index (κ2) is 8.15. The molecule has 0 bridgehead atoms. The number of nitrogens with zero attached hydrogens (tertiary/aromatic N) is 2. The van der Waals surface area contributed by atoms with Crippen LogP contribution in [0, 0.1) is 0 Å². The summed E-state index contributed by atoms with van der Waals surface area (Å²) in [5, 5.41) is 1.01. The van der Waals surface area contributed by atoms with Crippen LogP contribution in [-0.4, -0.2) is 9.55 Å². The monoisotopic (exact) mass is 452 g/mol. The van der Waals surface area contributed by atoms with E-state index in [0.29, 0.717) is 13.3 Å². The molecule has 3 rings (SSSR count). The van der Waals surface area contributed by atoms with Crippen LogP contribution >= 0.6 is 43.6 Å². The fourth-order valence-corrected chi connectivity index (χ4v) is 4.36. The van der Waals surface area contributed by atoms with Crippen LogP contribution in [0.15, 0.2) is 79.9 Å². The highest BCUT2D eigenvalue weighted by molar-refractivity contribution is 9.11. The molecule has 2 aromatic carbocycles. The van der Waals surface area contributed by atoms with Gasteiger partial charge in [-0.25, -0.2) is 4.98 Å². The third-order valence-corrected chi connectivity index (χ3v) is 5.66. The summed E-state index contributed by atoms with van der Waals surface area (Å²) in [6.07, 6.45) is 0. The average Bonchev–Trinajstić information content (AvgIpc) is 2.84. The highest BCUT2D eigenvalue weighted by Gasteiger charge is 2.15. The zero-order valence-electron chi connectivity index (χ0n) is 12.2. The first-order chi connectivity index (χ1) is 11.2. The molecule has 0 radical (unpaired) electrons. The van der Waals surface area contributed by atoms with Crippen molar-refractivity contribution in [1.82, 2.24) is 9.55 Å².